The molecular formula is C26H26ClN3O6. The monoisotopic (exact) mass is 511 g/mol. The van der Waals surface area contributed by atoms with Crippen LogP contribution in [0.2, 0.25) is 5.02 Å². The molecule has 36 heavy (non-hydrogen) atoms. The van der Waals surface area contributed by atoms with Gasteiger partial charge in [-0.1, -0.05) is 29.8 Å². The quantitative estimate of drug-likeness (QED) is 0.274. The Hall–Kier alpha value is -3.82. The number of H-pyrrole nitrogens is 1. The minimum atomic E-state index is -1.17. The number of carboxylic acids is 2. The summed E-state index contributed by atoms with van der Waals surface area (Å²) in [5.74, 6) is -1.41. The molecule has 0 atom stereocenters. The van der Waals surface area contributed by atoms with E-state index in [0.29, 0.717) is 39.4 Å². The van der Waals surface area contributed by atoms with Crippen molar-refractivity contribution in [2.24, 2.45) is 7.05 Å². The summed E-state index contributed by atoms with van der Waals surface area (Å²) >= 11 is 6.67. The van der Waals surface area contributed by atoms with Crippen LogP contribution in [-0.4, -0.2) is 44.0 Å². The van der Waals surface area contributed by atoms with E-state index in [1.54, 1.807) is 23.9 Å². The Bertz CT molecular complexity index is 1440. The molecule has 0 amide bonds. The van der Waals surface area contributed by atoms with Gasteiger partial charge in [0.1, 0.15) is 11.4 Å². The average molecular weight is 512 g/mol. The number of aryl methyl sites for hydroxylation is 2. The van der Waals surface area contributed by atoms with Crippen LogP contribution >= 0.6 is 11.6 Å². The summed E-state index contributed by atoms with van der Waals surface area (Å²) in [6.45, 7) is 2.47. The first kappa shape index (κ1) is 25.3. The number of aromatic amines is 1. The first-order valence-corrected chi connectivity index (χ1v) is 11.6. The van der Waals surface area contributed by atoms with Crippen LogP contribution in [0.3, 0.4) is 0 Å². The van der Waals surface area contributed by atoms with Crippen molar-refractivity contribution in [3.63, 3.8) is 0 Å². The van der Waals surface area contributed by atoms with E-state index in [0.717, 1.165) is 22.6 Å². The normalized spacial score (nSPS) is 11.2. The number of aromatic nitrogens is 3. The van der Waals surface area contributed by atoms with Crippen LogP contribution in [0.1, 0.15) is 39.4 Å². The minimum Gasteiger partial charge on any atom is -0.497 e. The van der Waals surface area contributed by atoms with Crippen LogP contribution in [0.5, 0.6) is 5.75 Å². The van der Waals surface area contributed by atoms with Gasteiger partial charge in [0.15, 0.2) is 0 Å². The maximum Gasteiger partial charge on any atom is 0.352 e. The molecule has 0 fully saturated rings. The van der Waals surface area contributed by atoms with Crippen molar-refractivity contribution in [3.8, 4) is 16.9 Å². The van der Waals surface area contributed by atoms with Gasteiger partial charge in [-0.2, -0.15) is 5.10 Å². The van der Waals surface area contributed by atoms with Gasteiger partial charge in [0, 0.05) is 35.7 Å². The van der Waals surface area contributed by atoms with Crippen LogP contribution < -0.4 is 4.74 Å². The zero-order valence-electron chi connectivity index (χ0n) is 20.1. The second-order valence-corrected chi connectivity index (χ2v) is 8.80. The van der Waals surface area contributed by atoms with E-state index < -0.39 is 11.9 Å². The van der Waals surface area contributed by atoms with Crippen LogP contribution in [0.25, 0.3) is 22.0 Å². The third kappa shape index (κ3) is 4.93. The van der Waals surface area contributed by atoms with E-state index in [1.165, 1.54) is 0 Å². The number of halogens is 1. The van der Waals surface area contributed by atoms with E-state index in [9.17, 15) is 14.7 Å². The summed E-state index contributed by atoms with van der Waals surface area (Å²) in [7, 11) is 3.43. The summed E-state index contributed by atoms with van der Waals surface area (Å²) in [6.07, 6.45) is -0.122. The fourth-order valence-corrected chi connectivity index (χ4v) is 4.55. The number of benzene rings is 2. The van der Waals surface area contributed by atoms with E-state index in [4.69, 9.17) is 26.2 Å². The predicted octanol–water partition coefficient (Wildman–Crippen LogP) is 4.97. The number of aliphatic carboxylic acids is 1. The maximum absolute atomic E-state index is 12.0. The second kappa shape index (κ2) is 10.4. The lowest BCUT2D eigenvalue weighted by Gasteiger charge is -2.10. The van der Waals surface area contributed by atoms with Crippen LogP contribution in [0, 0.1) is 6.92 Å². The van der Waals surface area contributed by atoms with Crippen LogP contribution in [0.15, 0.2) is 36.4 Å². The number of rotatable bonds is 10. The van der Waals surface area contributed by atoms with E-state index >= 15 is 0 Å². The van der Waals surface area contributed by atoms with E-state index in [-0.39, 0.29) is 25.1 Å². The Balaban J connectivity index is 1.74. The number of hydrogen-bond donors (Lipinski definition) is 3. The fraction of sp³-hybridized carbons (Fsp3) is 0.269. The number of ether oxygens (including phenoxy) is 2. The third-order valence-corrected chi connectivity index (χ3v) is 6.47. The highest BCUT2D eigenvalue weighted by Gasteiger charge is 2.25. The first-order chi connectivity index (χ1) is 17.2. The Labute approximate surface area is 212 Å². The zero-order chi connectivity index (χ0) is 26.0. The van der Waals surface area contributed by atoms with Crippen molar-refractivity contribution >= 4 is 34.4 Å². The highest BCUT2D eigenvalue weighted by atomic mass is 35.5. The van der Waals surface area contributed by atoms with Gasteiger partial charge in [-0.3, -0.25) is 9.48 Å². The first-order valence-electron chi connectivity index (χ1n) is 11.2. The SMILES string of the molecule is COc1ccc(COCc2nn(C)c(C)c2-c2c(Cl)ccc3c(CCC(=O)O)c(C(=O)O)[nH]c23)cc1. The third-order valence-electron chi connectivity index (χ3n) is 6.16. The van der Waals surface area contributed by atoms with Gasteiger partial charge in [0.2, 0.25) is 0 Å². The smallest absolute Gasteiger partial charge is 0.352 e. The minimum absolute atomic E-state index is 0.0476. The van der Waals surface area contributed by atoms with Gasteiger partial charge in [-0.25, -0.2) is 4.79 Å². The van der Waals surface area contributed by atoms with Crippen molar-refractivity contribution in [3.05, 3.63) is 69.6 Å². The summed E-state index contributed by atoms with van der Waals surface area (Å²) in [5, 5.41) is 24.6. The lowest BCUT2D eigenvalue weighted by molar-refractivity contribution is -0.136. The van der Waals surface area contributed by atoms with E-state index in [1.807, 2.05) is 38.2 Å². The largest absolute Gasteiger partial charge is 0.497 e. The molecule has 9 nitrogen and oxygen atoms in total. The molecule has 0 aliphatic heterocycles. The number of aromatic carboxylic acids is 1. The molecule has 0 saturated carbocycles. The van der Waals surface area contributed by atoms with Gasteiger partial charge < -0.3 is 24.7 Å². The molecule has 188 valence electrons. The van der Waals surface area contributed by atoms with Crippen LogP contribution in [0.4, 0.5) is 0 Å². The molecule has 4 rings (SSSR count). The van der Waals surface area contributed by atoms with Crippen molar-refractivity contribution in [2.45, 2.75) is 33.0 Å². The molecular weight excluding hydrogens is 486 g/mol. The van der Waals surface area contributed by atoms with Gasteiger partial charge >= 0.3 is 11.9 Å². The molecule has 0 unspecified atom stereocenters. The zero-order valence-corrected chi connectivity index (χ0v) is 20.8. The predicted molar refractivity (Wildman–Crippen MR) is 135 cm³/mol. The molecule has 2 aromatic heterocycles. The van der Waals surface area contributed by atoms with Crippen molar-refractivity contribution in [2.75, 3.05) is 7.11 Å². The highest BCUT2D eigenvalue weighted by molar-refractivity contribution is 6.35. The molecule has 0 aliphatic carbocycles. The van der Waals surface area contributed by atoms with E-state index in [2.05, 4.69) is 10.1 Å². The summed E-state index contributed by atoms with van der Waals surface area (Å²) in [6, 6.07) is 11.0. The van der Waals surface area contributed by atoms with Crippen molar-refractivity contribution < 1.29 is 29.3 Å². The lowest BCUT2D eigenvalue weighted by atomic mass is 9.98. The topological polar surface area (TPSA) is 127 Å². The van der Waals surface area contributed by atoms with Gasteiger partial charge in [-0.15, -0.1) is 0 Å². The van der Waals surface area contributed by atoms with Gasteiger partial charge in [0.05, 0.1) is 36.6 Å². The highest BCUT2D eigenvalue weighted by Crippen LogP contribution is 2.40. The molecule has 10 heteroatoms. The molecule has 4 aromatic rings. The second-order valence-electron chi connectivity index (χ2n) is 8.39. The number of nitrogens with one attached hydrogen (secondary N) is 1. The standard InChI is InChI=1S/C26H26ClN3O6/c1-14-22(20(29-30(14)2)13-36-12-15-4-6-16(35-3)7-5-15)23-19(27)10-8-17-18(9-11-21(31)32)25(26(33)34)28-24(17)23/h4-8,10,28H,9,11-13H2,1-3H3,(H,31,32)(H,33,34). The Morgan fingerprint density at radius 3 is 2.44 bits per heavy atom. The summed E-state index contributed by atoms with van der Waals surface area (Å²) in [5.41, 5.74) is 4.70. The number of carbonyl (C=O) groups is 2. The van der Waals surface area contributed by atoms with Gasteiger partial charge in [-0.05, 0) is 42.7 Å². The average Bonchev–Trinajstić information content (AvgIpc) is 3.35. The maximum atomic E-state index is 12.0. The molecule has 0 saturated heterocycles. The Morgan fingerprint density at radius 2 is 1.81 bits per heavy atom. The fourth-order valence-electron chi connectivity index (χ4n) is 4.30. The molecule has 0 radical (unpaired) electrons. The van der Waals surface area contributed by atoms with Crippen molar-refractivity contribution in [1.82, 2.24) is 14.8 Å². The number of carboxylic acid groups (broad SMARTS) is 2. The van der Waals surface area contributed by atoms with Gasteiger partial charge in [0.25, 0.3) is 0 Å². The molecule has 3 N–H and O–H groups in total. The Kier molecular flexibility index (Phi) is 7.32. The number of fused-ring (bicyclic) bond motifs is 1. The number of nitrogens with zero attached hydrogens (tertiary/aromatic N) is 2. The Morgan fingerprint density at radius 1 is 1.08 bits per heavy atom. The summed E-state index contributed by atoms with van der Waals surface area (Å²) in [4.78, 5) is 26.1. The molecule has 2 aromatic carbocycles. The molecule has 2 heterocycles. The molecule has 0 bridgehead atoms. The summed E-state index contributed by atoms with van der Waals surface area (Å²) < 4.78 is 12.9. The molecule has 0 aliphatic rings. The number of hydrogen-bond acceptors (Lipinski definition) is 5. The van der Waals surface area contributed by atoms with Crippen molar-refractivity contribution in [1.29, 1.82) is 0 Å². The number of methoxy groups -OCH3 is 1. The molecule has 0 spiro atoms. The van der Waals surface area contributed by atoms with Crippen LogP contribution in [-0.2, 0) is 36.2 Å². The lowest BCUT2D eigenvalue weighted by Crippen LogP contribution is -2.04.